The summed E-state index contributed by atoms with van der Waals surface area (Å²) < 4.78 is 25.5. The van der Waals surface area contributed by atoms with Crippen LogP contribution in [-0.2, 0) is 11.2 Å². The van der Waals surface area contributed by atoms with E-state index >= 15 is 0 Å². The van der Waals surface area contributed by atoms with E-state index < -0.39 is 0 Å². The average molecular weight is 258 g/mol. The molecule has 0 aliphatic heterocycles. The molecule has 0 atom stereocenters. The Hall–Kier alpha value is -2.29. The molecule has 0 heterocycles. The standard InChI is InChI=1S/C16H12F2O/c17-15-5-1-12(2-6-15)9-14(11-19)10-13-3-7-16(18)8-4-13/h1-9,11H,10H2/b14-9+. The Morgan fingerprint density at radius 2 is 1.42 bits per heavy atom. The van der Waals surface area contributed by atoms with Gasteiger partial charge in [0.25, 0.3) is 0 Å². The highest BCUT2D eigenvalue weighted by Crippen LogP contribution is 2.12. The summed E-state index contributed by atoms with van der Waals surface area (Å²) >= 11 is 0. The van der Waals surface area contributed by atoms with Gasteiger partial charge in [-0.05, 0) is 47.0 Å². The first kappa shape index (κ1) is 13.1. The van der Waals surface area contributed by atoms with Gasteiger partial charge in [0.1, 0.15) is 17.9 Å². The van der Waals surface area contributed by atoms with Crippen molar-refractivity contribution >= 4 is 12.4 Å². The number of hydrogen-bond donors (Lipinski definition) is 0. The Labute approximate surface area is 110 Å². The van der Waals surface area contributed by atoms with Gasteiger partial charge in [-0.3, -0.25) is 4.79 Å². The van der Waals surface area contributed by atoms with E-state index in [1.807, 2.05) is 0 Å². The van der Waals surface area contributed by atoms with Gasteiger partial charge in [0.2, 0.25) is 0 Å². The van der Waals surface area contributed by atoms with Crippen molar-refractivity contribution in [1.82, 2.24) is 0 Å². The molecule has 0 fully saturated rings. The molecule has 2 aromatic carbocycles. The highest BCUT2D eigenvalue weighted by molar-refractivity contribution is 5.82. The van der Waals surface area contributed by atoms with Crippen LogP contribution in [0.15, 0.2) is 54.1 Å². The van der Waals surface area contributed by atoms with Gasteiger partial charge in [-0.15, -0.1) is 0 Å². The lowest BCUT2D eigenvalue weighted by Gasteiger charge is -2.02. The van der Waals surface area contributed by atoms with Gasteiger partial charge >= 0.3 is 0 Å². The molecule has 0 aromatic heterocycles. The molecule has 0 radical (unpaired) electrons. The largest absolute Gasteiger partial charge is 0.298 e. The number of halogens is 2. The van der Waals surface area contributed by atoms with Crippen molar-refractivity contribution in [3.8, 4) is 0 Å². The third-order valence-electron chi connectivity index (χ3n) is 2.69. The lowest BCUT2D eigenvalue weighted by molar-refractivity contribution is -0.104. The zero-order chi connectivity index (χ0) is 13.7. The van der Waals surface area contributed by atoms with Crippen molar-refractivity contribution in [2.45, 2.75) is 6.42 Å². The summed E-state index contributed by atoms with van der Waals surface area (Å²) in [5.41, 5.74) is 2.16. The molecule has 2 rings (SSSR count). The van der Waals surface area contributed by atoms with Crippen LogP contribution in [0.5, 0.6) is 0 Å². The summed E-state index contributed by atoms with van der Waals surface area (Å²) in [7, 11) is 0. The van der Waals surface area contributed by atoms with E-state index in [9.17, 15) is 13.6 Å². The maximum absolute atomic E-state index is 12.8. The molecule has 0 aliphatic carbocycles. The Bertz CT molecular complexity index is 583. The predicted molar refractivity (Wildman–Crippen MR) is 70.5 cm³/mol. The van der Waals surface area contributed by atoms with Gasteiger partial charge < -0.3 is 0 Å². The summed E-state index contributed by atoms with van der Waals surface area (Å²) in [6.45, 7) is 0. The molecule has 96 valence electrons. The van der Waals surface area contributed by atoms with Crippen LogP contribution < -0.4 is 0 Å². The van der Waals surface area contributed by atoms with Gasteiger partial charge in [-0.25, -0.2) is 8.78 Å². The summed E-state index contributed by atoms with van der Waals surface area (Å²) in [4.78, 5) is 11.0. The molecular weight excluding hydrogens is 246 g/mol. The molecule has 0 saturated carbocycles. The van der Waals surface area contributed by atoms with E-state index in [-0.39, 0.29) is 11.6 Å². The monoisotopic (exact) mass is 258 g/mol. The molecule has 2 aromatic rings. The Morgan fingerprint density at radius 3 is 1.95 bits per heavy atom. The number of hydrogen-bond acceptors (Lipinski definition) is 1. The van der Waals surface area contributed by atoms with Crippen LogP contribution in [0.25, 0.3) is 6.08 Å². The molecule has 0 aliphatic rings. The van der Waals surface area contributed by atoms with Crippen LogP contribution >= 0.6 is 0 Å². The third kappa shape index (κ3) is 3.85. The molecular formula is C16H12F2O. The lowest BCUT2D eigenvalue weighted by atomic mass is 10.0. The van der Waals surface area contributed by atoms with Crippen molar-refractivity contribution < 1.29 is 13.6 Å². The van der Waals surface area contributed by atoms with E-state index in [0.29, 0.717) is 12.0 Å². The Kier molecular flexibility index (Phi) is 4.18. The normalized spacial score (nSPS) is 11.4. The van der Waals surface area contributed by atoms with Gasteiger partial charge in [-0.2, -0.15) is 0 Å². The van der Waals surface area contributed by atoms with Crippen molar-refractivity contribution in [2.24, 2.45) is 0 Å². The molecule has 0 saturated heterocycles. The van der Waals surface area contributed by atoms with Crippen LogP contribution in [0, 0.1) is 11.6 Å². The topological polar surface area (TPSA) is 17.1 Å². The van der Waals surface area contributed by atoms with Crippen LogP contribution in [0.4, 0.5) is 8.78 Å². The first-order valence-electron chi connectivity index (χ1n) is 5.83. The third-order valence-corrected chi connectivity index (χ3v) is 2.69. The van der Waals surface area contributed by atoms with Crippen molar-refractivity contribution in [3.63, 3.8) is 0 Å². The first-order valence-corrected chi connectivity index (χ1v) is 5.83. The van der Waals surface area contributed by atoms with Crippen LogP contribution in [0.2, 0.25) is 0 Å². The smallest absolute Gasteiger partial charge is 0.146 e. The zero-order valence-electron chi connectivity index (χ0n) is 10.1. The molecule has 0 amide bonds. The summed E-state index contributed by atoms with van der Waals surface area (Å²) in [5.74, 6) is -0.623. The Morgan fingerprint density at radius 1 is 0.895 bits per heavy atom. The minimum Gasteiger partial charge on any atom is -0.298 e. The fraction of sp³-hybridized carbons (Fsp3) is 0.0625. The minimum atomic E-state index is -0.316. The summed E-state index contributed by atoms with van der Waals surface area (Å²) in [6.07, 6.45) is 2.86. The summed E-state index contributed by atoms with van der Waals surface area (Å²) in [6, 6.07) is 11.9. The van der Waals surface area contributed by atoms with Crippen LogP contribution in [0.1, 0.15) is 11.1 Å². The number of carbonyl (C=O) groups is 1. The van der Waals surface area contributed by atoms with E-state index in [2.05, 4.69) is 0 Å². The number of benzene rings is 2. The van der Waals surface area contributed by atoms with E-state index in [1.54, 1.807) is 30.3 Å². The lowest BCUT2D eigenvalue weighted by Crippen LogP contribution is -1.92. The molecule has 0 bridgehead atoms. The number of carbonyl (C=O) groups excluding carboxylic acids is 1. The fourth-order valence-electron chi connectivity index (χ4n) is 1.74. The van der Waals surface area contributed by atoms with Crippen LogP contribution in [0.3, 0.4) is 0 Å². The maximum Gasteiger partial charge on any atom is 0.146 e. The second-order valence-electron chi connectivity index (χ2n) is 4.19. The molecule has 1 nitrogen and oxygen atoms in total. The second-order valence-corrected chi connectivity index (χ2v) is 4.19. The quantitative estimate of drug-likeness (QED) is 0.602. The second kappa shape index (κ2) is 6.05. The van der Waals surface area contributed by atoms with E-state index in [0.717, 1.165) is 17.4 Å². The van der Waals surface area contributed by atoms with E-state index in [4.69, 9.17) is 0 Å². The molecule has 0 spiro atoms. The molecule has 0 N–H and O–H groups in total. The highest BCUT2D eigenvalue weighted by Gasteiger charge is 2.00. The summed E-state index contributed by atoms with van der Waals surface area (Å²) in [5, 5.41) is 0. The SMILES string of the molecule is O=C/C(=C/c1ccc(F)cc1)Cc1ccc(F)cc1. The number of allylic oxidation sites excluding steroid dienone is 1. The zero-order valence-corrected chi connectivity index (χ0v) is 10.1. The van der Waals surface area contributed by atoms with Crippen molar-refractivity contribution in [1.29, 1.82) is 0 Å². The van der Waals surface area contributed by atoms with Gasteiger partial charge in [0.15, 0.2) is 0 Å². The fourth-order valence-corrected chi connectivity index (χ4v) is 1.74. The number of aldehydes is 1. The van der Waals surface area contributed by atoms with Crippen molar-refractivity contribution in [3.05, 3.63) is 76.9 Å². The maximum atomic E-state index is 12.8. The van der Waals surface area contributed by atoms with Gasteiger partial charge in [0.05, 0.1) is 0 Å². The molecule has 3 heteroatoms. The molecule has 0 unspecified atom stereocenters. The minimum absolute atomic E-state index is 0.307. The number of rotatable bonds is 4. The molecule has 19 heavy (non-hydrogen) atoms. The Balaban J connectivity index is 2.17. The van der Waals surface area contributed by atoms with Crippen molar-refractivity contribution in [2.75, 3.05) is 0 Å². The predicted octanol–water partition coefficient (Wildman–Crippen LogP) is 3.79. The average Bonchev–Trinajstić information content (AvgIpc) is 2.43. The van der Waals surface area contributed by atoms with Gasteiger partial charge in [0, 0.05) is 6.42 Å². The highest BCUT2D eigenvalue weighted by atomic mass is 19.1. The van der Waals surface area contributed by atoms with Crippen LogP contribution in [-0.4, -0.2) is 6.29 Å². The van der Waals surface area contributed by atoms with E-state index in [1.165, 1.54) is 24.3 Å². The van der Waals surface area contributed by atoms with Gasteiger partial charge in [-0.1, -0.05) is 24.3 Å². The first-order chi connectivity index (χ1) is 9.17.